The Morgan fingerprint density at radius 3 is 0.757 bits per heavy atom. The lowest BCUT2D eigenvalue weighted by Gasteiger charge is -2.34. The fraction of sp³-hybridized carbons (Fsp3) is 0.561. The van der Waals surface area contributed by atoms with Gasteiger partial charge in [0.1, 0.15) is 18.3 Å². The summed E-state index contributed by atoms with van der Waals surface area (Å²) >= 11 is 10.6. The molecule has 0 spiro atoms. The molecule has 70 heavy (non-hydrogen) atoms. The summed E-state index contributed by atoms with van der Waals surface area (Å²) in [5.74, 6) is -4.58. The molecule has 0 saturated heterocycles. The number of aliphatic hydroxyl groups is 11. The molecule has 0 saturated carbocycles. The lowest BCUT2D eigenvalue weighted by Crippen LogP contribution is -2.51. The van der Waals surface area contributed by atoms with Crippen LogP contribution in [0.25, 0.3) is 0 Å². The van der Waals surface area contributed by atoms with Gasteiger partial charge < -0.3 is 85.6 Å². The third-order valence-electron chi connectivity index (χ3n) is 10.4. The quantitative estimate of drug-likeness (QED) is 0.0533. The highest BCUT2D eigenvalue weighted by Gasteiger charge is 2.39. The van der Waals surface area contributed by atoms with Crippen molar-refractivity contribution in [1.29, 1.82) is 0 Å². The molecule has 0 bridgehead atoms. The van der Waals surface area contributed by atoms with Crippen molar-refractivity contribution >= 4 is 182 Å². The maximum atomic E-state index is 14.1. The first-order chi connectivity index (χ1) is 32.5. The molecule has 6 amide bonds. The number of rotatable bonds is 24. The smallest absolute Gasteiger partial charge is 0.255 e. The molecule has 2 aromatic rings. The van der Waals surface area contributed by atoms with Crippen molar-refractivity contribution in [1.82, 2.24) is 19.6 Å². The van der Waals surface area contributed by atoms with Crippen LogP contribution >= 0.6 is 136 Å². The number of amides is 6. The van der Waals surface area contributed by atoms with E-state index in [-0.39, 0.29) is 81.2 Å². The first-order valence-corrected chi connectivity index (χ1v) is 27.1. The summed E-state index contributed by atoms with van der Waals surface area (Å²) in [6, 6.07) is 0. The molecular formula is C41H56I6N6O17. The van der Waals surface area contributed by atoms with Crippen LogP contribution in [0.15, 0.2) is 0 Å². The number of benzene rings is 2. The van der Waals surface area contributed by atoms with E-state index in [2.05, 4.69) is 0 Å². The summed E-state index contributed by atoms with van der Waals surface area (Å²) in [5, 5.41) is 113. The van der Waals surface area contributed by atoms with E-state index in [1.54, 1.807) is 136 Å². The first-order valence-electron chi connectivity index (χ1n) is 20.7. The lowest BCUT2D eigenvalue weighted by molar-refractivity contribution is -0.117. The number of anilines is 2. The van der Waals surface area contributed by atoms with Gasteiger partial charge in [-0.25, -0.2) is 0 Å². The zero-order valence-corrected chi connectivity index (χ0v) is 51.4. The van der Waals surface area contributed by atoms with Crippen molar-refractivity contribution in [2.24, 2.45) is 0 Å². The Labute approximate surface area is 485 Å². The number of hydrogen-bond donors (Lipinski definition) is 11. The minimum Gasteiger partial charge on any atom is -0.394 e. The summed E-state index contributed by atoms with van der Waals surface area (Å²) < 4.78 is 0.462. The number of likely N-dealkylation sites (N-methyl/N-ethyl adjacent to an activating group) is 4. The standard InChI is InChI=1S/C41H56I6N6O17/c1-17(58)52(35-31(44)25(38(67)48(3)7-19(60)13-54)29(42)26(32(35)45)39(68)49(4)8-20(61)14-55)11-23(64)37(66)24(65)12-53(18(2)59)36-33(46)27(40(69)50(5)9-21(62)15-56)30(43)28(34(36)47)41(70)51(6)10-22(63)16-57/h19-24,37,54-57,60-66H,7-16H2,1-6H3. The second-order valence-electron chi connectivity index (χ2n) is 16.1. The van der Waals surface area contributed by atoms with Crippen LogP contribution in [0.1, 0.15) is 55.3 Å². The van der Waals surface area contributed by atoms with E-state index in [0.29, 0.717) is 0 Å². The second-order valence-corrected chi connectivity index (χ2v) is 22.5. The molecule has 2 rings (SSSR count). The van der Waals surface area contributed by atoms with E-state index in [1.807, 2.05) is 0 Å². The van der Waals surface area contributed by atoms with Crippen LogP contribution in [0, 0.1) is 21.4 Å². The molecule has 11 N–H and O–H groups in total. The zero-order chi connectivity index (χ0) is 54.0. The Kier molecular flexibility index (Phi) is 27.5. The van der Waals surface area contributed by atoms with Crippen molar-refractivity contribution in [2.45, 2.75) is 56.6 Å². The van der Waals surface area contributed by atoms with Crippen molar-refractivity contribution in [3.05, 3.63) is 43.7 Å². The highest BCUT2D eigenvalue weighted by atomic mass is 127. The van der Waals surface area contributed by atoms with Crippen LogP contribution in [-0.4, -0.2) is 248 Å². The van der Waals surface area contributed by atoms with Gasteiger partial charge in [-0.3, -0.25) is 28.8 Å². The molecule has 0 aliphatic heterocycles. The normalized spacial score (nSPS) is 14.4. The number of nitrogens with zero attached hydrogens (tertiary/aromatic N) is 6. The lowest BCUT2D eigenvalue weighted by atomic mass is 10.0. The van der Waals surface area contributed by atoms with E-state index in [9.17, 15) is 84.9 Å². The molecule has 0 heterocycles. The molecule has 0 aromatic heterocycles. The zero-order valence-electron chi connectivity index (χ0n) is 38.4. The van der Waals surface area contributed by atoms with Crippen LogP contribution in [0.3, 0.4) is 0 Å². The van der Waals surface area contributed by atoms with E-state index in [1.165, 1.54) is 28.2 Å². The molecule has 6 unspecified atom stereocenters. The Balaban J connectivity index is 2.85. The number of hydrogen-bond acceptors (Lipinski definition) is 17. The Bertz CT molecular complexity index is 1980. The van der Waals surface area contributed by atoms with Gasteiger partial charge in [-0.15, -0.1) is 0 Å². The molecular weight excluding hydrogens is 1610 g/mol. The molecule has 0 aliphatic rings. The van der Waals surface area contributed by atoms with E-state index in [0.717, 1.165) is 43.2 Å². The predicted molar refractivity (Wildman–Crippen MR) is 303 cm³/mol. The summed E-state index contributed by atoms with van der Waals surface area (Å²) in [6.45, 7) is -3.55. The molecule has 0 radical (unpaired) electrons. The van der Waals surface area contributed by atoms with E-state index in [4.69, 9.17) is 0 Å². The van der Waals surface area contributed by atoms with Crippen molar-refractivity contribution in [3.8, 4) is 0 Å². The molecule has 394 valence electrons. The summed E-state index contributed by atoms with van der Waals surface area (Å²) in [4.78, 5) is 89.8. The fourth-order valence-electron chi connectivity index (χ4n) is 6.72. The molecule has 23 nitrogen and oxygen atoms in total. The molecule has 0 fully saturated rings. The first kappa shape index (κ1) is 65.3. The number of carbonyl (C=O) groups excluding carboxylic acids is 6. The van der Waals surface area contributed by atoms with Gasteiger partial charge in [0.15, 0.2) is 0 Å². The summed E-state index contributed by atoms with van der Waals surface area (Å²) in [6.07, 6.45) is -11.6. The highest BCUT2D eigenvalue weighted by molar-refractivity contribution is 14.1. The van der Waals surface area contributed by atoms with Crippen LogP contribution in [0.4, 0.5) is 11.4 Å². The number of carbonyl (C=O) groups is 6. The number of aliphatic hydroxyl groups excluding tert-OH is 11. The predicted octanol–water partition coefficient (Wildman–Crippen LogP) is -1.50. The SMILES string of the molecule is CC(=O)N(CC(O)C(O)C(O)CN(C(C)=O)c1c(I)c(C(=O)N(C)CC(O)CO)c(I)c(C(=O)N(C)CC(O)CO)c1I)c1c(I)c(C(=O)N(C)CC(O)CO)c(I)c(C(=O)N(C)CC(O)CO)c1I. The molecule has 2 aromatic carbocycles. The van der Waals surface area contributed by atoms with E-state index < -0.39 is 118 Å². The average Bonchev–Trinajstić information content (AvgIpc) is 3.29. The molecule has 0 aliphatic carbocycles. The largest absolute Gasteiger partial charge is 0.394 e. The van der Waals surface area contributed by atoms with Gasteiger partial charge in [0.2, 0.25) is 11.8 Å². The van der Waals surface area contributed by atoms with Crippen molar-refractivity contribution < 1.29 is 84.9 Å². The van der Waals surface area contributed by atoms with Crippen molar-refractivity contribution in [3.63, 3.8) is 0 Å². The van der Waals surface area contributed by atoms with Gasteiger partial charge in [0.25, 0.3) is 23.6 Å². The number of halogens is 6. The summed E-state index contributed by atoms with van der Waals surface area (Å²) in [5.41, 5.74) is -0.719. The molecule has 29 heteroatoms. The van der Waals surface area contributed by atoms with Crippen LogP contribution in [0.5, 0.6) is 0 Å². The van der Waals surface area contributed by atoms with E-state index >= 15 is 0 Å². The van der Waals surface area contributed by atoms with Gasteiger partial charge in [-0.1, -0.05) is 0 Å². The highest BCUT2D eigenvalue weighted by Crippen LogP contribution is 2.41. The third-order valence-corrected chi connectivity index (χ3v) is 16.8. The maximum Gasteiger partial charge on any atom is 0.255 e. The van der Waals surface area contributed by atoms with Gasteiger partial charge in [0, 0.05) is 75.4 Å². The van der Waals surface area contributed by atoms with Crippen LogP contribution < -0.4 is 9.80 Å². The third kappa shape index (κ3) is 16.1. The minimum absolute atomic E-state index is 0.0723. The fourth-order valence-corrected chi connectivity index (χ4v) is 16.1. The van der Waals surface area contributed by atoms with Gasteiger partial charge >= 0.3 is 0 Å². The monoisotopic (exact) mass is 1670 g/mol. The summed E-state index contributed by atoms with van der Waals surface area (Å²) in [7, 11) is 5.30. The Hall–Kier alpha value is -0.800. The van der Waals surface area contributed by atoms with Crippen LogP contribution in [0.2, 0.25) is 0 Å². The minimum atomic E-state index is -2.17. The van der Waals surface area contributed by atoms with Crippen LogP contribution in [-0.2, 0) is 9.59 Å². The Morgan fingerprint density at radius 2 is 0.586 bits per heavy atom. The second kappa shape index (κ2) is 29.5. The van der Waals surface area contributed by atoms with Gasteiger partial charge in [0.05, 0.1) is 112 Å². The molecule has 6 atom stereocenters. The maximum absolute atomic E-state index is 14.1. The topological polar surface area (TPSA) is 344 Å². The van der Waals surface area contributed by atoms with Gasteiger partial charge in [-0.05, 0) is 136 Å². The van der Waals surface area contributed by atoms with Gasteiger partial charge in [-0.2, -0.15) is 0 Å². The van der Waals surface area contributed by atoms with Crippen molar-refractivity contribution in [2.75, 3.05) is 104 Å². The Morgan fingerprint density at radius 1 is 0.386 bits per heavy atom. The average molecular weight is 1670 g/mol.